The molecule has 1 rings (SSSR count). The van der Waals surface area contributed by atoms with Crippen LogP contribution in [0.4, 0.5) is 14.5 Å². The Labute approximate surface area is 98.9 Å². The summed E-state index contributed by atoms with van der Waals surface area (Å²) < 4.78 is 29.9. The van der Waals surface area contributed by atoms with Gasteiger partial charge in [0, 0.05) is 11.5 Å². The third-order valence-corrected chi connectivity index (χ3v) is 2.52. The van der Waals surface area contributed by atoms with Crippen LogP contribution in [0.25, 0.3) is 0 Å². The van der Waals surface area contributed by atoms with Crippen LogP contribution < -0.4 is 5.73 Å². The van der Waals surface area contributed by atoms with Gasteiger partial charge in [0.15, 0.2) is 0 Å². The van der Waals surface area contributed by atoms with Crippen molar-refractivity contribution in [2.75, 3.05) is 12.8 Å². The number of alkyl halides is 3. The van der Waals surface area contributed by atoms with Gasteiger partial charge in [-0.2, -0.15) is 0 Å². The molecule has 0 atom stereocenters. The highest BCUT2D eigenvalue weighted by molar-refractivity contribution is 9.08. The first kappa shape index (κ1) is 12.8. The maximum absolute atomic E-state index is 12.7. The SMILES string of the molecule is COC(=O)c1cnc(CBr)c(C(F)F)c1N. The summed E-state index contributed by atoms with van der Waals surface area (Å²) in [5.41, 5.74) is 4.74. The summed E-state index contributed by atoms with van der Waals surface area (Å²) in [4.78, 5) is 15.0. The van der Waals surface area contributed by atoms with Crippen molar-refractivity contribution in [1.29, 1.82) is 0 Å². The van der Waals surface area contributed by atoms with E-state index in [2.05, 4.69) is 25.7 Å². The number of aromatic nitrogens is 1. The number of hydrogen-bond acceptors (Lipinski definition) is 4. The van der Waals surface area contributed by atoms with Crippen LogP contribution in [0.1, 0.15) is 28.0 Å². The van der Waals surface area contributed by atoms with Gasteiger partial charge in [0.2, 0.25) is 0 Å². The van der Waals surface area contributed by atoms with E-state index in [9.17, 15) is 13.6 Å². The zero-order valence-electron chi connectivity index (χ0n) is 8.34. The van der Waals surface area contributed by atoms with E-state index in [-0.39, 0.29) is 22.3 Å². The van der Waals surface area contributed by atoms with Gasteiger partial charge in [-0.25, -0.2) is 13.6 Å². The Morgan fingerprint density at radius 3 is 2.75 bits per heavy atom. The molecule has 0 saturated heterocycles. The normalized spacial score (nSPS) is 10.6. The molecule has 1 aromatic rings. The van der Waals surface area contributed by atoms with Crippen LogP contribution in [0.5, 0.6) is 0 Å². The van der Waals surface area contributed by atoms with E-state index in [1.54, 1.807) is 0 Å². The second-order valence-electron chi connectivity index (χ2n) is 2.87. The lowest BCUT2D eigenvalue weighted by Gasteiger charge is -2.11. The molecule has 16 heavy (non-hydrogen) atoms. The molecule has 0 fully saturated rings. The minimum absolute atomic E-state index is 0.111. The largest absolute Gasteiger partial charge is 0.465 e. The number of methoxy groups -OCH3 is 1. The fourth-order valence-corrected chi connectivity index (χ4v) is 1.65. The van der Waals surface area contributed by atoms with Gasteiger partial charge < -0.3 is 10.5 Å². The molecule has 0 aliphatic rings. The molecule has 1 aromatic heterocycles. The molecule has 88 valence electrons. The van der Waals surface area contributed by atoms with Crippen molar-refractivity contribution in [1.82, 2.24) is 4.98 Å². The van der Waals surface area contributed by atoms with E-state index in [1.165, 1.54) is 0 Å². The Balaban J connectivity index is 3.37. The molecular weight excluding hydrogens is 286 g/mol. The van der Waals surface area contributed by atoms with Crippen LogP contribution in [0.15, 0.2) is 6.20 Å². The summed E-state index contributed by atoms with van der Waals surface area (Å²) in [6.07, 6.45) is -1.66. The third-order valence-electron chi connectivity index (χ3n) is 1.99. The number of rotatable bonds is 3. The Bertz CT molecular complexity index is 413. The van der Waals surface area contributed by atoms with Crippen LogP contribution in [0.2, 0.25) is 0 Å². The average Bonchev–Trinajstić information content (AvgIpc) is 2.26. The maximum atomic E-state index is 12.7. The molecule has 0 unspecified atom stereocenters. The highest BCUT2D eigenvalue weighted by Crippen LogP contribution is 2.31. The molecular formula is C9H9BrF2N2O2. The lowest BCUT2D eigenvalue weighted by molar-refractivity contribution is 0.0601. The predicted molar refractivity (Wildman–Crippen MR) is 57.6 cm³/mol. The summed E-state index contributed by atoms with van der Waals surface area (Å²) in [5, 5.41) is 0.137. The zero-order valence-corrected chi connectivity index (χ0v) is 9.92. The molecule has 0 aliphatic heterocycles. The molecule has 0 amide bonds. The maximum Gasteiger partial charge on any atom is 0.341 e. The fraction of sp³-hybridized carbons (Fsp3) is 0.333. The van der Waals surface area contributed by atoms with Gasteiger partial charge in [0.25, 0.3) is 6.43 Å². The zero-order chi connectivity index (χ0) is 12.3. The summed E-state index contributed by atoms with van der Waals surface area (Å²) in [7, 11) is 1.14. The van der Waals surface area contributed by atoms with Gasteiger partial charge in [-0.15, -0.1) is 0 Å². The van der Waals surface area contributed by atoms with E-state index in [1.807, 2.05) is 0 Å². The Hall–Kier alpha value is -1.24. The molecule has 0 radical (unpaired) electrons. The highest BCUT2D eigenvalue weighted by atomic mass is 79.9. The minimum Gasteiger partial charge on any atom is -0.465 e. The number of nitrogens with zero attached hydrogens (tertiary/aromatic N) is 1. The van der Waals surface area contributed by atoms with E-state index >= 15 is 0 Å². The molecule has 7 heteroatoms. The third kappa shape index (κ3) is 2.29. The fourth-order valence-electron chi connectivity index (χ4n) is 1.20. The number of ether oxygens (including phenoxy) is 1. The van der Waals surface area contributed by atoms with E-state index in [4.69, 9.17) is 5.73 Å². The van der Waals surface area contributed by atoms with Crippen LogP contribution >= 0.6 is 15.9 Å². The number of carbonyl (C=O) groups excluding carboxylic acids is 1. The Morgan fingerprint density at radius 1 is 1.69 bits per heavy atom. The molecule has 0 aliphatic carbocycles. The topological polar surface area (TPSA) is 65.2 Å². The first-order chi connectivity index (χ1) is 7.52. The van der Waals surface area contributed by atoms with Crippen molar-refractivity contribution in [2.45, 2.75) is 11.8 Å². The van der Waals surface area contributed by atoms with Gasteiger partial charge in [0.1, 0.15) is 5.56 Å². The first-order valence-electron chi connectivity index (χ1n) is 4.22. The smallest absolute Gasteiger partial charge is 0.341 e. The summed E-state index contributed by atoms with van der Waals surface area (Å²) >= 11 is 3.02. The number of halogens is 3. The van der Waals surface area contributed by atoms with Gasteiger partial charge in [0.05, 0.1) is 24.1 Å². The number of nitrogen functional groups attached to an aromatic ring is 1. The van der Waals surface area contributed by atoms with E-state index in [0.29, 0.717) is 0 Å². The number of carbonyl (C=O) groups is 1. The molecule has 0 bridgehead atoms. The summed E-state index contributed by atoms with van der Waals surface area (Å²) in [6.45, 7) is 0. The van der Waals surface area contributed by atoms with Gasteiger partial charge in [-0.05, 0) is 0 Å². The van der Waals surface area contributed by atoms with Crippen molar-refractivity contribution < 1.29 is 18.3 Å². The van der Waals surface area contributed by atoms with Crippen molar-refractivity contribution >= 4 is 27.6 Å². The predicted octanol–water partition coefficient (Wildman–Crippen LogP) is 2.28. The number of anilines is 1. The quantitative estimate of drug-likeness (QED) is 0.686. The number of nitrogens with two attached hydrogens (primary N) is 1. The summed E-state index contributed by atoms with van der Waals surface area (Å²) in [6, 6.07) is 0. The van der Waals surface area contributed by atoms with E-state index < -0.39 is 18.0 Å². The standard InChI is InChI=1S/C9H9BrF2N2O2/c1-16-9(15)4-3-14-5(2-10)6(7(4)13)8(11)12/h3,8H,2H2,1H3,(H2,13,14). The lowest BCUT2D eigenvalue weighted by Crippen LogP contribution is -2.11. The van der Waals surface area contributed by atoms with Crippen molar-refractivity contribution in [3.8, 4) is 0 Å². The number of esters is 1. The summed E-state index contributed by atoms with van der Waals surface area (Å²) in [5.74, 6) is -0.784. The van der Waals surface area contributed by atoms with E-state index in [0.717, 1.165) is 13.3 Å². The molecule has 2 N–H and O–H groups in total. The Morgan fingerprint density at radius 2 is 2.31 bits per heavy atom. The van der Waals surface area contributed by atoms with Crippen molar-refractivity contribution in [2.24, 2.45) is 0 Å². The van der Waals surface area contributed by atoms with Crippen LogP contribution in [-0.4, -0.2) is 18.1 Å². The molecule has 1 heterocycles. The second kappa shape index (κ2) is 5.20. The van der Waals surface area contributed by atoms with Crippen LogP contribution in [0.3, 0.4) is 0 Å². The Kier molecular flexibility index (Phi) is 4.17. The highest BCUT2D eigenvalue weighted by Gasteiger charge is 2.23. The van der Waals surface area contributed by atoms with Gasteiger partial charge >= 0.3 is 5.97 Å². The van der Waals surface area contributed by atoms with Crippen molar-refractivity contribution in [3.05, 3.63) is 23.0 Å². The number of pyridine rings is 1. The number of hydrogen-bond donors (Lipinski definition) is 1. The van der Waals surface area contributed by atoms with Crippen LogP contribution in [0, 0.1) is 0 Å². The lowest BCUT2D eigenvalue weighted by atomic mass is 10.1. The second-order valence-corrected chi connectivity index (χ2v) is 3.43. The monoisotopic (exact) mass is 294 g/mol. The van der Waals surface area contributed by atoms with Gasteiger partial charge in [-0.1, -0.05) is 15.9 Å². The molecule has 4 nitrogen and oxygen atoms in total. The first-order valence-corrected chi connectivity index (χ1v) is 5.34. The van der Waals surface area contributed by atoms with Crippen LogP contribution in [-0.2, 0) is 10.1 Å². The molecule has 0 saturated carbocycles. The van der Waals surface area contributed by atoms with Crippen molar-refractivity contribution in [3.63, 3.8) is 0 Å². The van der Waals surface area contributed by atoms with Gasteiger partial charge in [-0.3, -0.25) is 4.98 Å². The minimum atomic E-state index is -2.79. The molecule has 0 spiro atoms. The molecule has 0 aromatic carbocycles. The average molecular weight is 295 g/mol.